The van der Waals surface area contributed by atoms with Crippen LogP contribution in [0.25, 0.3) is 0 Å². The molecule has 0 spiro atoms. The van der Waals surface area contributed by atoms with Crippen LogP contribution < -0.4 is 0 Å². The van der Waals surface area contributed by atoms with Crippen molar-refractivity contribution in [3.63, 3.8) is 0 Å². The molecule has 146 valence electrons. The molecule has 1 saturated carbocycles. The highest BCUT2D eigenvalue weighted by molar-refractivity contribution is 5.16. The maximum Gasteiger partial charge on any atom is 0.141 e. The summed E-state index contributed by atoms with van der Waals surface area (Å²) < 4.78 is 18.9. The van der Waals surface area contributed by atoms with Crippen LogP contribution in [0.2, 0.25) is 0 Å². The molecule has 0 amide bonds. The largest absolute Gasteiger partial charge is 0.387 e. The molecule has 0 unspecified atom stereocenters. The molecule has 2 aromatic rings. The second-order valence-electron chi connectivity index (χ2n) is 7.51. The van der Waals surface area contributed by atoms with Crippen LogP contribution in [0.1, 0.15) is 42.9 Å². The van der Waals surface area contributed by atoms with Gasteiger partial charge in [0, 0.05) is 38.5 Å². The van der Waals surface area contributed by atoms with E-state index in [1.54, 1.807) is 7.11 Å². The lowest BCUT2D eigenvalue weighted by molar-refractivity contribution is 0.0418. The van der Waals surface area contributed by atoms with Crippen molar-refractivity contribution < 1.29 is 14.2 Å². The second-order valence-corrected chi connectivity index (χ2v) is 7.51. The third kappa shape index (κ3) is 6.09. The van der Waals surface area contributed by atoms with Crippen molar-refractivity contribution in [1.82, 2.24) is 9.88 Å². The van der Waals surface area contributed by atoms with Gasteiger partial charge in [-0.1, -0.05) is 30.3 Å². The van der Waals surface area contributed by atoms with Crippen LogP contribution in [0.15, 0.2) is 48.8 Å². The Morgan fingerprint density at radius 1 is 1.19 bits per heavy atom. The molecule has 1 aromatic carbocycles. The molecule has 1 aliphatic carbocycles. The molecule has 27 heavy (non-hydrogen) atoms. The van der Waals surface area contributed by atoms with Crippen LogP contribution in [-0.4, -0.2) is 41.3 Å². The predicted molar refractivity (Wildman–Crippen MR) is 104 cm³/mol. The predicted octanol–water partition coefficient (Wildman–Crippen LogP) is 3.96. The summed E-state index contributed by atoms with van der Waals surface area (Å²) in [6.07, 6.45) is 6.79. The first-order valence-corrected chi connectivity index (χ1v) is 9.71. The standard InChI is InChI=1S/C22H29FN2O2/c1-27-21-9-7-18(8-10-21)15-25(14-17-5-3-2-4-6-17)16-22(26)19-11-20(23)13-24-12-19/h2-6,11-13,18,21-22,26H,7-10,14-16H2,1H3/t18?,21?,22-/m0/s1. The third-order valence-corrected chi connectivity index (χ3v) is 5.43. The van der Waals surface area contributed by atoms with Crippen molar-refractivity contribution in [2.45, 2.75) is 44.4 Å². The summed E-state index contributed by atoms with van der Waals surface area (Å²) in [5.74, 6) is 0.178. The van der Waals surface area contributed by atoms with Gasteiger partial charge in [0.2, 0.25) is 0 Å². The monoisotopic (exact) mass is 372 g/mol. The number of halogens is 1. The van der Waals surface area contributed by atoms with E-state index in [-0.39, 0.29) is 0 Å². The first kappa shape index (κ1) is 19.9. The molecule has 5 heteroatoms. The summed E-state index contributed by atoms with van der Waals surface area (Å²) in [5, 5.41) is 10.6. The Bertz CT molecular complexity index is 690. The van der Waals surface area contributed by atoms with E-state index in [0.717, 1.165) is 45.0 Å². The van der Waals surface area contributed by atoms with E-state index in [1.165, 1.54) is 17.8 Å². The van der Waals surface area contributed by atoms with Gasteiger partial charge in [-0.25, -0.2) is 4.39 Å². The lowest BCUT2D eigenvalue weighted by Gasteiger charge is -2.33. The zero-order chi connectivity index (χ0) is 19.1. The molecule has 0 aliphatic heterocycles. The number of methoxy groups -OCH3 is 1. The van der Waals surface area contributed by atoms with Gasteiger partial charge in [0.05, 0.1) is 18.4 Å². The molecule has 1 atom stereocenters. The lowest BCUT2D eigenvalue weighted by Crippen LogP contribution is -2.35. The van der Waals surface area contributed by atoms with Crippen molar-refractivity contribution in [2.75, 3.05) is 20.2 Å². The van der Waals surface area contributed by atoms with E-state index in [9.17, 15) is 9.50 Å². The Hall–Kier alpha value is -1.82. The molecular formula is C22H29FN2O2. The fourth-order valence-corrected chi connectivity index (χ4v) is 3.92. The second kappa shape index (κ2) is 9.93. The Morgan fingerprint density at radius 2 is 1.93 bits per heavy atom. The van der Waals surface area contributed by atoms with Crippen molar-refractivity contribution in [3.8, 4) is 0 Å². The van der Waals surface area contributed by atoms with Gasteiger partial charge >= 0.3 is 0 Å². The van der Waals surface area contributed by atoms with Crippen molar-refractivity contribution in [3.05, 3.63) is 65.7 Å². The molecule has 3 rings (SSSR count). The molecular weight excluding hydrogens is 343 g/mol. The van der Waals surface area contributed by atoms with Crippen LogP contribution in [0, 0.1) is 11.7 Å². The van der Waals surface area contributed by atoms with Crippen LogP contribution in [-0.2, 0) is 11.3 Å². The van der Waals surface area contributed by atoms with Gasteiger partial charge in [0.15, 0.2) is 0 Å². The summed E-state index contributed by atoms with van der Waals surface area (Å²) in [6, 6.07) is 11.6. The van der Waals surface area contributed by atoms with Crippen molar-refractivity contribution in [2.24, 2.45) is 5.92 Å². The number of ether oxygens (including phenoxy) is 1. The van der Waals surface area contributed by atoms with E-state index in [1.807, 2.05) is 18.2 Å². The van der Waals surface area contributed by atoms with Gasteiger partial charge in [-0.15, -0.1) is 0 Å². The van der Waals surface area contributed by atoms with E-state index < -0.39 is 11.9 Å². The molecule has 0 saturated heterocycles. The fourth-order valence-electron chi connectivity index (χ4n) is 3.92. The SMILES string of the molecule is COC1CCC(CN(Cc2ccccc2)C[C@H](O)c2cncc(F)c2)CC1. The minimum absolute atomic E-state index is 0.382. The van der Waals surface area contributed by atoms with Crippen LogP contribution >= 0.6 is 0 Å². The van der Waals surface area contributed by atoms with Crippen molar-refractivity contribution in [1.29, 1.82) is 0 Å². The van der Waals surface area contributed by atoms with Gasteiger partial charge in [0.1, 0.15) is 5.82 Å². The Labute approximate surface area is 161 Å². The molecule has 4 nitrogen and oxygen atoms in total. The van der Waals surface area contributed by atoms with E-state index in [4.69, 9.17) is 4.74 Å². The summed E-state index contributed by atoms with van der Waals surface area (Å²) in [6.45, 7) is 2.15. The van der Waals surface area contributed by atoms with Gasteiger partial charge in [-0.3, -0.25) is 9.88 Å². The number of hydrogen-bond donors (Lipinski definition) is 1. The van der Waals surface area contributed by atoms with E-state index >= 15 is 0 Å². The van der Waals surface area contributed by atoms with Gasteiger partial charge in [-0.05, 0) is 43.2 Å². The Balaban J connectivity index is 1.65. The lowest BCUT2D eigenvalue weighted by atomic mass is 9.87. The normalized spacial score (nSPS) is 21.3. The molecule has 1 N–H and O–H groups in total. The van der Waals surface area contributed by atoms with Crippen LogP contribution in [0.4, 0.5) is 4.39 Å². The minimum atomic E-state index is -0.757. The maximum atomic E-state index is 13.5. The zero-order valence-corrected chi connectivity index (χ0v) is 15.9. The fraction of sp³-hybridized carbons (Fsp3) is 0.500. The van der Waals surface area contributed by atoms with Gasteiger partial charge < -0.3 is 9.84 Å². The smallest absolute Gasteiger partial charge is 0.141 e. The number of hydrogen-bond acceptors (Lipinski definition) is 4. The molecule has 1 fully saturated rings. The minimum Gasteiger partial charge on any atom is -0.387 e. The third-order valence-electron chi connectivity index (χ3n) is 5.43. The molecule has 1 aromatic heterocycles. The Kier molecular flexibility index (Phi) is 7.33. The summed E-state index contributed by atoms with van der Waals surface area (Å²) in [7, 11) is 1.79. The van der Waals surface area contributed by atoms with Crippen molar-refractivity contribution >= 4 is 0 Å². The highest BCUT2D eigenvalue weighted by atomic mass is 19.1. The molecule has 0 bridgehead atoms. The maximum absolute atomic E-state index is 13.5. The zero-order valence-electron chi connectivity index (χ0n) is 15.9. The Morgan fingerprint density at radius 3 is 2.59 bits per heavy atom. The van der Waals surface area contributed by atoms with Crippen LogP contribution in [0.3, 0.4) is 0 Å². The average Bonchev–Trinajstić information content (AvgIpc) is 2.69. The number of rotatable bonds is 8. The number of aliphatic hydroxyl groups excluding tert-OH is 1. The summed E-state index contributed by atoms with van der Waals surface area (Å²) in [5.41, 5.74) is 1.74. The van der Waals surface area contributed by atoms with E-state index in [0.29, 0.717) is 24.1 Å². The first-order valence-electron chi connectivity index (χ1n) is 9.71. The molecule has 1 aliphatic rings. The summed E-state index contributed by atoms with van der Waals surface area (Å²) >= 11 is 0. The number of pyridine rings is 1. The van der Waals surface area contributed by atoms with Gasteiger partial charge in [0.25, 0.3) is 0 Å². The number of aromatic nitrogens is 1. The topological polar surface area (TPSA) is 45.6 Å². The van der Waals surface area contributed by atoms with E-state index in [2.05, 4.69) is 22.0 Å². The summed E-state index contributed by atoms with van der Waals surface area (Å²) in [4.78, 5) is 6.14. The first-order chi connectivity index (χ1) is 13.1. The molecule has 0 radical (unpaired) electrons. The number of benzene rings is 1. The van der Waals surface area contributed by atoms with Gasteiger partial charge in [-0.2, -0.15) is 0 Å². The molecule has 1 heterocycles. The quantitative estimate of drug-likeness (QED) is 0.762. The highest BCUT2D eigenvalue weighted by Gasteiger charge is 2.24. The number of nitrogens with zero attached hydrogens (tertiary/aromatic N) is 2. The highest BCUT2D eigenvalue weighted by Crippen LogP contribution is 2.28. The van der Waals surface area contributed by atoms with Crippen LogP contribution in [0.5, 0.6) is 0 Å². The average molecular weight is 372 g/mol. The number of aliphatic hydroxyl groups is 1.